The number of H-pyrrole nitrogens is 1. The first-order valence-corrected chi connectivity index (χ1v) is 7.28. The number of carbonyl (C=O) groups is 3. The maximum Gasteiger partial charge on any atom is 0.326 e. The third kappa shape index (κ3) is 1.97. The van der Waals surface area contributed by atoms with E-state index in [0.29, 0.717) is 38.9 Å². The molecule has 2 aliphatic heterocycles. The molecule has 0 atom stereocenters. The van der Waals surface area contributed by atoms with Crippen molar-refractivity contribution in [2.24, 2.45) is 0 Å². The summed E-state index contributed by atoms with van der Waals surface area (Å²) in [6.45, 7) is 0.382. The monoisotopic (exact) mass is 402 g/mol. The summed E-state index contributed by atoms with van der Waals surface area (Å²) in [6.07, 6.45) is 0.435. The van der Waals surface area contributed by atoms with E-state index >= 15 is 0 Å². The van der Waals surface area contributed by atoms with Crippen LogP contribution in [0.15, 0.2) is 14.8 Å². The standard InChI is InChI=1S/C11H8Br2N4O3/c12-5-4-3(6-10(19)17-11(20)16-6)1-2-14-9(18)7(4)15-8(5)13/h15H,1-2H2,(H,14,18)(H2,16,17,19,20)/b6-3+. The van der Waals surface area contributed by atoms with E-state index in [1.54, 1.807) is 0 Å². The Balaban J connectivity index is 2.26. The summed E-state index contributed by atoms with van der Waals surface area (Å²) < 4.78 is 1.24. The van der Waals surface area contributed by atoms with Crippen molar-refractivity contribution in [3.8, 4) is 0 Å². The molecular weight excluding hydrogens is 396 g/mol. The highest BCUT2D eigenvalue weighted by Gasteiger charge is 2.32. The van der Waals surface area contributed by atoms with E-state index in [2.05, 4.69) is 52.8 Å². The van der Waals surface area contributed by atoms with Gasteiger partial charge in [-0.15, -0.1) is 0 Å². The Bertz CT molecular complexity index is 692. The summed E-state index contributed by atoms with van der Waals surface area (Å²) in [7, 11) is 0. The Labute approximate surface area is 129 Å². The van der Waals surface area contributed by atoms with Gasteiger partial charge >= 0.3 is 6.03 Å². The van der Waals surface area contributed by atoms with Crippen molar-refractivity contribution in [3.63, 3.8) is 0 Å². The van der Waals surface area contributed by atoms with Gasteiger partial charge in [0, 0.05) is 12.1 Å². The van der Waals surface area contributed by atoms with Gasteiger partial charge in [-0.1, -0.05) is 0 Å². The fraction of sp³-hybridized carbons (Fsp3) is 0.182. The molecule has 4 N–H and O–H groups in total. The highest BCUT2D eigenvalue weighted by Crippen LogP contribution is 2.38. The molecule has 2 aliphatic rings. The molecule has 1 fully saturated rings. The minimum absolute atomic E-state index is 0.181. The van der Waals surface area contributed by atoms with Crippen molar-refractivity contribution < 1.29 is 14.4 Å². The second-order valence-corrected chi connectivity index (χ2v) is 5.86. The van der Waals surface area contributed by atoms with Crippen LogP contribution < -0.4 is 16.0 Å². The van der Waals surface area contributed by atoms with E-state index in [0.717, 1.165) is 0 Å². The molecule has 1 saturated heterocycles. The molecule has 1 aromatic heterocycles. The molecule has 0 aliphatic carbocycles. The van der Waals surface area contributed by atoms with Crippen LogP contribution in [0.4, 0.5) is 4.79 Å². The Morgan fingerprint density at radius 2 is 1.75 bits per heavy atom. The summed E-state index contributed by atoms with van der Waals surface area (Å²) in [5.74, 6) is -0.749. The van der Waals surface area contributed by atoms with Gasteiger partial charge in [0.05, 0.1) is 9.08 Å². The predicted octanol–water partition coefficient (Wildman–Crippen LogP) is 1.22. The first kappa shape index (κ1) is 13.4. The number of fused-ring (bicyclic) bond motifs is 1. The smallest absolute Gasteiger partial charge is 0.326 e. The average molecular weight is 404 g/mol. The molecule has 9 heteroatoms. The number of aromatic amines is 1. The number of hydrogen-bond acceptors (Lipinski definition) is 3. The lowest BCUT2D eigenvalue weighted by Crippen LogP contribution is -2.23. The van der Waals surface area contributed by atoms with Crippen LogP contribution in [0.3, 0.4) is 0 Å². The van der Waals surface area contributed by atoms with Crippen molar-refractivity contribution in [3.05, 3.63) is 26.0 Å². The normalized spacial score (nSPS) is 22.0. The largest absolute Gasteiger partial charge is 0.350 e. The van der Waals surface area contributed by atoms with Crippen LogP contribution in [0.5, 0.6) is 0 Å². The first-order valence-electron chi connectivity index (χ1n) is 5.70. The van der Waals surface area contributed by atoms with Crippen LogP contribution in [-0.4, -0.2) is 29.4 Å². The number of imide groups is 1. The summed E-state index contributed by atoms with van der Waals surface area (Å²) in [5, 5.41) is 7.38. The van der Waals surface area contributed by atoms with E-state index in [1.807, 2.05) is 0 Å². The number of hydrogen-bond donors (Lipinski definition) is 4. The van der Waals surface area contributed by atoms with Gasteiger partial charge < -0.3 is 15.6 Å². The molecule has 0 radical (unpaired) electrons. The third-order valence-corrected chi connectivity index (χ3v) is 5.00. The minimum atomic E-state index is -0.562. The zero-order valence-corrected chi connectivity index (χ0v) is 13.1. The number of nitrogens with one attached hydrogen (secondary N) is 4. The molecule has 0 bridgehead atoms. The highest BCUT2D eigenvalue weighted by atomic mass is 79.9. The lowest BCUT2D eigenvalue weighted by Gasteiger charge is -2.07. The van der Waals surface area contributed by atoms with E-state index < -0.39 is 11.9 Å². The summed E-state index contributed by atoms with van der Waals surface area (Å²) in [4.78, 5) is 38.0. The summed E-state index contributed by atoms with van der Waals surface area (Å²) >= 11 is 6.68. The lowest BCUT2D eigenvalue weighted by molar-refractivity contribution is -0.115. The molecule has 4 amide bonds. The van der Waals surface area contributed by atoms with E-state index in [1.165, 1.54) is 0 Å². The van der Waals surface area contributed by atoms with Crippen molar-refractivity contribution in [2.75, 3.05) is 6.54 Å². The third-order valence-electron chi connectivity index (χ3n) is 3.08. The molecule has 3 rings (SSSR count). The maximum absolute atomic E-state index is 12.0. The molecule has 3 heterocycles. The molecule has 7 nitrogen and oxygen atoms in total. The van der Waals surface area contributed by atoms with Gasteiger partial charge in [-0.05, 0) is 43.9 Å². The molecule has 20 heavy (non-hydrogen) atoms. The SMILES string of the molecule is O=C1NC(=O)/C(=C2/CCNC(=O)c3[nH]c(Br)c(Br)c32)N1. The van der Waals surface area contributed by atoms with Crippen LogP contribution in [0.1, 0.15) is 22.5 Å². The van der Waals surface area contributed by atoms with Crippen LogP contribution in [0.25, 0.3) is 5.57 Å². The summed E-state index contributed by atoms with van der Waals surface area (Å²) in [6, 6.07) is -0.562. The zero-order valence-electron chi connectivity index (χ0n) is 9.89. The Morgan fingerprint density at radius 1 is 1.00 bits per heavy atom. The van der Waals surface area contributed by atoms with Crippen molar-refractivity contribution >= 4 is 55.3 Å². The molecule has 0 spiro atoms. The Morgan fingerprint density at radius 3 is 2.40 bits per heavy atom. The van der Waals surface area contributed by atoms with Crippen molar-refractivity contribution in [1.29, 1.82) is 0 Å². The maximum atomic E-state index is 12.0. The number of halogens is 2. The van der Waals surface area contributed by atoms with Gasteiger partial charge in [-0.2, -0.15) is 0 Å². The number of aromatic nitrogens is 1. The summed E-state index contributed by atoms with van der Waals surface area (Å²) in [5.41, 5.74) is 1.72. The van der Waals surface area contributed by atoms with Crippen LogP contribution in [0, 0.1) is 0 Å². The topological polar surface area (TPSA) is 103 Å². The van der Waals surface area contributed by atoms with Gasteiger partial charge in [0.25, 0.3) is 11.8 Å². The molecule has 0 aromatic carbocycles. The van der Waals surface area contributed by atoms with Gasteiger partial charge in [0.2, 0.25) is 0 Å². The quantitative estimate of drug-likeness (QED) is 0.387. The Kier molecular flexibility index (Phi) is 3.17. The van der Waals surface area contributed by atoms with Gasteiger partial charge in [-0.3, -0.25) is 14.9 Å². The minimum Gasteiger partial charge on any atom is -0.350 e. The number of amides is 4. The van der Waals surface area contributed by atoms with Crippen LogP contribution in [-0.2, 0) is 4.79 Å². The average Bonchev–Trinajstić information content (AvgIpc) is 2.81. The molecule has 0 unspecified atom stereocenters. The fourth-order valence-corrected chi connectivity index (χ4v) is 3.18. The van der Waals surface area contributed by atoms with Gasteiger partial charge in [0.1, 0.15) is 11.4 Å². The predicted molar refractivity (Wildman–Crippen MR) is 76.7 cm³/mol. The van der Waals surface area contributed by atoms with E-state index in [9.17, 15) is 14.4 Å². The van der Waals surface area contributed by atoms with Gasteiger partial charge in [-0.25, -0.2) is 4.79 Å². The van der Waals surface area contributed by atoms with Crippen LogP contribution >= 0.6 is 31.9 Å². The van der Waals surface area contributed by atoms with Crippen molar-refractivity contribution in [1.82, 2.24) is 20.9 Å². The van der Waals surface area contributed by atoms with Crippen LogP contribution in [0.2, 0.25) is 0 Å². The first-order chi connectivity index (χ1) is 9.49. The number of urea groups is 1. The van der Waals surface area contributed by atoms with E-state index in [4.69, 9.17) is 0 Å². The Hall–Kier alpha value is -1.61. The number of rotatable bonds is 0. The second kappa shape index (κ2) is 4.74. The lowest BCUT2D eigenvalue weighted by atomic mass is 10.0. The number of carbonyl (C=O) groups excluding carboxylic acids is 3. The molecule has 0 saturated carbocycles. The van der Waals surface area contributed by atoms with Gasteiger partial charge in [0.15, 0.2) is 0 Å². The fourth-order valence-electron chi connectivity index (χ4n) is 2.24. The zero-order chi connectivity index (χ0) is 14.4. The van der Waals surface area contributed by atoms with Crippen molar-refractivity contribution in [2.45, 2.75) is 6.42 Å². The molecular formula is C11H8Br2N4O3. The molecule has 1 aromatic rings. The second-order valence-electron chi connectivity index (χ2n) is 4.27. The highest BCUT2D eigenvalue weighted by molar-refractivity contribution is 9.13. The molecule has 104 valence electrons. The van der Waals surface area contributed by atoms with E-state index in [-0.39, 0.29) is 11.6 Å².